The van der Waals surface area contributed by atoms with E-state index < -0.39 is 0 Å². The van der Waals surface area contributed by atoms with E-state index in [1.165, 1.54) is 43.2 Å². The molecule has 0 fully saturated rings. The van der Waals surface area contributed by atoms with Gasteiger partial charge in [-0.3, -0.25) is 14.6 Å². The van der Waals surface area contributed by atoms with Crippen LogP contribution >= 0.6 is 0 Å². The number of fused-ring (bicyclic) bond motifs is 1. The Morgan fingerprint density at radius 2 is 1.50 bits per heavy atom. The quantitative estimate of drug-likeness (QED) is 0.283. The van der Waals surface area contributed by atoms with Gasteiger partial charge in [0.15, 0.2) is 5.78 Å². The Balaban J connectivity index is 0.000000547. The summed E-state index contributed by atoms with van der Waals surface area (Å²) < 4.78 is 13.5. The van der Waals surface area contributed by atoms with E-state index in [1.807, 2.05) is 13.8 Å². The number of anilines is 1. The van der Waals surface area contributed by atoms with Gasteiger partial charge < -0.3 is 5.32 Å². The molecule has 1 heterocycles. The molecule has 0 spiro atoms. The molecule has 0 aliphatic rings. The van der Waals surface area contributed by atoms with E-state index >= 15 is 0 Å². The van der Waals surface area contributed by atoms with Gasteiger partial charge in [-0.05, 0) is 51.7 Å². The fraction of sp³-hybridized carbons (Fsp3) is 0.485. The topological polar surface area (TPSA) is 59.1 Å². The molecular weight excluding hydrogens is 475 g/mol. The number of aryl methyl sites for hydroxylation is 2. The zero-order chi connectivity index (χ0) is 29.1. The minimum atomic E-state index is -0.385. The first-order valence-electron chi connectivity index (χ1n) is 14.0. The molecule has 0 aliphatic carbocycles. The molecule has 0 bridgehead atoms. The Morgan fingerprint density at radius 1 is 0.921 bits per heavy atom. The molecule has 210 valence electrons. The lowest BCUT2D eigenvalue weighted by molar-refractivity contribution is -0.121. The third-order valence-corrected chi connectivity index (χ3v) is 5.99. The van der Waals surface area contributed by atoms with Crippen LogP contribution in [0.1, 0.15) is 102 Å². The number of aromatic nitrogens is 1. The molecular formula is C33H49FN2O2. The summed E-state index contributed by atoms with van der Waals surface area (Å²) in [6, 6.07) is 13.4. The van der Waals surface area contributed by atoms with Crippen molar-refractivity contribution < 1.29 is 14.0 Å². The highest BCUT2D eigenvalue weighted by molar-refractivity contribution is 6.07. The number of halogens is 1. The lowest BCUT2D eigenvalue weighted by Gasteiger charge is -2.09. The Morgan fingerprint density at radius 3 is 1.95 bits per heavy atom. The average molecular weight is 525 g/mol. The maximum atomic E-state index is 13.5. The Kier molecular flexibility index (Phi) is 18.3. The van der Waals surface area contributed by atoms with Crippen molar-refractivity contribution in [3.63, 3.8) is 0 Å². The molecule has 0 aliphatic heterocycles. The molecule has 0 radical (unpaired) electrons. The lowest BCUT2D eigenvalue weighted by Crippen LogP contribution is -2.09. The molecule has 4 nitrogen and oxygen atoms in total. The fourth-order valence-electron chi connectivity index (χ4n) is 4.01. The molecule has 0 unspecified atom stereocenters. The normalized spacial score (nSPS) is 9.87. The highest BCUT2D eigenvalue weighted by Gasteiger charge is 2.13. The van der Waals surface area contributed by atoms with Gasteiger partial charge in [-0.15, -0.1) is 0 Å². The number of nitrogens with zero attached hydrogens (tertiary/aromatic N) is 1. The van der Waals surface area contributed by atoms with Gasteiger partial charge in [-0.1, -0.05) is 95.8 Å². The zero-order valence-corrected chi connectivity index (χ0v) is 25.1. The van der Waals surface area contributed by atoms with Crippen molar-refractivity contribution in [3.05, 3.63) is 71.2 Å². The predicted octanol–water partition coefficient (Wildman–Crippen LogP) is 9.38. The first-order valence-corrected chi connectivity index (χ1v) is 14.0. The van der Waals surface area contributed by atoms with E-state index in [1.54, 1.807) is 26.1 Å². The molecule has 5 heteroatoms. The second kappa shape index (κ2) is 20.0. The summed E-state index contributed by atoms with van der Waals surface area (Å²) >= 11 is 0. The standard InChI is InChI=1S/C12H11FN2O.C10H14.C9H18O.C2H6/c1-7(16)9-6-15-12-8(11(9)14-2)4-3-5-10(12)13;1-3-4-10-7-5-9(2)6-8-10;1-4-6-9(7-5-2)8(3)10;1-2/h3-6H,1-2H3,(H,14,15);5-8H,3-4H2,1-2H3;9H,4-7H2,1-3H3;1-2H3. The zero-order valence-electron chi connectivity index (χ0n) is 25.1. The molecule has 0 amide bonds. The van der Waals surface area contributed by atoms with Crippen molar-refractivity contribution >= 4 is 28.2 Å². The Hall–Kier alpha value is -3.08. The van der Waals surface area contributed by atoms with Gasteiger partial charge in [0.2, 0.25) is 0 Å². The Labute approximate surface area is 230 Å². The van der Waals surface area contributed by atoms with Crippen molar-refractivity contribution in [1.29, 1.82) is 0 Å². The van der Waals surface area contributed by atoms with E-state index in [4.69, 9.17) is 0 Å². The first kappa shape index (κ1) is 34.9. The highest BCUT2D eigenvalue weighted by atomic mass is 19.1. The van der Waals surface area contributed by atoms with Gasteiger partial charge >= 0.3 is 0 Å². The molecule has 3 aromatic rings. The third-order valence-electron chi connectivity index (χ3n) is 5.99. The van der Waals surface area contributed by atoms with Gasteiger partial charge in [0.25, 0.3) is 0 Å². The van der Waals surface area contributed by atoms with Gasteiger partial charge in [0, 0.05) is 24.5 Å². The van der Waals surface area contributed by atoms with E-state index in [0.29, 0.717) is 28.3 Å². The van der Waals surface area contributed by atoms with Crippen LogP contribution in [-0.2, 0) is 11.2 Å². The van der Waals surface area contributed by atoms with Gasteiger partial charge in [0.05, 0.1) is 11.3 Å². The average Bonchev–Trinajstić information content (AvgIpc) is 2.91. The molecule has 38 heavy (non-hydrogen) atoms. The second-order valence-corrected chi connectivity index (χ2v) is 9.11. The van der Waals surface area contributed by atoms with E-state index in [0.717, 1.165) is 25.7 Å². The van der Waals surface area contributed by atoms with Crippen LogP contribution in [0.3, 0.4) is 0 Å². The van der Waals surface area contributed by atoms with Crippen molar-refractivity contribution in [3.8, 4) is 0 Å². The number of ketones is 2. The second-order valence-electron chi connectivity index (χ2n) is 9.11. The number of para-hydroxylation sites is 1. The van der Waals surface area contributed by atoms with Crippen LogP contribution in [0.25, 0.3) is 10.9 Å². The molecule has 0 saturated carbocycles. The number of rotatable bonds is 9. The maximum Gasteiger partial charge on any atom is 0.163 e. The van der Waals surface area contributed by atoms with Gasteiger partial charge in [-0.2, -0.15) is 0 Å². The summed E-state index contributed by atoms with van der Waals surface area (Å²) in [5, 5.41) is 3.54. The number of carbonyl (C=O) groups is 2. The van der Waals surface area contributed by atoms with E-state index in [9.17, 15) is 14.0 Å². The van der Waals surface area contributed by atoms with Crippen LogP contribution in [0.4, 0.5) is 10.1 Å². The van der Waals surface area contributed by atoms with Crippen molar-refractivity contribution in [2.45, 2.75) is 93.9 Å². The van der Waals surface area contributed by atoms with Crippen LogP contribution in [0.15, 0.2) is 48.7 Å². The highest BCUT2D eigenvalue weighted by Crippen LogP contribution is 2.27. The van der Waals surface area contributed by atoms with Crippen LogP contribution in [0, 0.1) is 18.7 Å². The molecule has 2 aromatic carbocycles. The van der Waals surface area contributed by atoms with Crippen molar-refractivity contribution in [1.82, 2.24) is 4.98 Å². The van der Waals surface area contributed by atoms with Crippen molar-refractivity contribution in [2.75, 3.05) is 12.4 Å². The summed E-state index contributed by atoms with van der Waals surface area (Å²) in [7, 11) is 1.70. The number of pyridine rings is 1. The minimum Gasteiger partial charge on any atom is -0.387 e. The summed E-state index contributed by atoms with van der Waals surface area (Å²) in [4.78, 5) is 26.3. The largest absolute Gasteiger partial charge is 0.387 e. The molecule has 1 aromatic heterocycles. The lowest BCUT2D eigenvalue weighted by atomic mass is 9.95. The predicted molar refractivity (Wildman–Crippen MR) is 162 cm³/mol. The van der Waals surface area contributed by atoms with Crippen LogP contribution in [0.2, 0.25) is 0 Å². The smallest absolute Gasteiger partial charge is 0.163 e. The molecule has 3 rings (SSSR count). The monoisotopic (exact) mass is 524 g/mol. The summed E-state index contributed by atoms with van der Waals surface area (Å²) in [6.45, 7) is 15.8. The number of hydrogen-bond acceptors (Lipinski definition) is 4. The summed E-state index contributed by atoms with van der Waals surface area (Å²) in [6.07, 6.45) is 8.25. The van der Waals surface area contributed by atoms with Crippen LogP contribution in [-0.4, -0.2) is 23.6 Å². The van der Waals surface area contributed by atoms with E-state index in [2.05, 4.69) is 62.3 Å². The molecule has 1 N–H and O–H groups in total. The summed E-state index contributed by atoms with van der Waals surface area (Å²) in [5.74, 6) is 0.228. The number of carbonyl (C=O) groups excluding carboxylic acids is 2. The summed E-state index contributed by atoms with van der Waals surface area (Å²) in [5.41, 5.74) is 4.17. The van der Waals surface area contributed by atoms with Gasteiger partial charge in [0.1, 0.15) is 17.1 Å². The third kappa shape index (κ3) is 12.0. The fourth-order valence-corrected chi connectivity index (χ4v) is 4.01. The Bertz CT molecular complexity index is 1090. The van der Waals surface area contributed by atoms with Crippen LogP contribution < -0.4 is 5.32 Å². The SMILES string of the molecule is CC.CCCC(CCC)C(C)=O.CCCc1ccc(C)cc1.CNc1c(C(C)=O)cnc2c(F)cccc12. The molecule has 0 saturated heterocycles. The number of Topliss-reactive ketones (excluding diaryl/α,β-unsaturated/α-hetero) is 2. The maximum absolute atomic E-state index is 13.5. The molecule has 0 atom stereocenters. The number of hydrogen-bond donors (Lipinski definition) is 1. The number of nitrogens with one attached hydrogen (secondary N) is 1. The van der Waals surface area contributed by atoms with Gasteiger partial charge in [-0.25, -0.2) is 4.39 Å². The van der Waals surface area contributed by atoms with Crippen molar-refractivity contribution in [2.24, 2.45) is 5.92 Å². The number of benzene rings is 2. The minimum absolute atomic E-state index is 0.0944. The van der Waals surface area contributed by atoms with E-state index in [-0.39, 0.29) is 17.1 Å². The van der Waals surface area contributed by atoms with Crippen LogP contribution in [0.5, 0.6) is 0 Å². The first-order chi connectivity index (χ1) is 18.2.